The summed E-state index contributed by atoms with van der Waals surface area (Å²) in [6, 6.07) is 5.36. The normalized spacial score (nSPS) is 39.5. The lowest BCUT2D eigenvalue weighted by Gasteiger charge is -2.57. The number of rotatable bonds is 2. The van der Waals surface area contributed by atoms with Gasteiger partial charge >= 0.3 is 0 Å². The van der Waals surface area contributed by atoms with Crippen LogP contribution in [0, 0.1) is 17.8 Å². The Hall–Kier alpha value is -1.31. The van der Waals surface area contributed by atoms with E-state index >= 15 is 0 Å². The van der Waals surface area contributed by atoms with E-state index in [0.717, 1.165) is 29.6 Å². The van der Waals surface area contributed by atoms with Gasteiger partial charge < -0.3 is 5.11 Å². The van der Waals surface area contributed by atoms with Crippen LogP contribution in [0.15, 0.2) is 18.2 Å². The van der Waals surface area contributed by atoms with Gasteiger partial charge in [0.15, 0.2) is 0 Å². The molecule has 4 saturated carbocycles. The van der Waals surface area contributed by atoms with Gasteiger partial charge in [-0.25, -0.2) is 0 Å². The summed E-state index contributed by atoms with van der Waals surface area (Å²) in [7, 11) is 0. The largest absolute Gasteiger partial charge is 0.508 e. The molecule has 2 nitrogen and oxygen atoms in total. The Balaban J connectivity index is 1.81. The summed E-state index contributed by atoms with van der Waals surface area (Å²) >= 11 is 0. The number of hydrogen-bond donors (Lipinski definition) is 1. The van der Waals surface area contributed by atoms with Gasteiger partial charge in [0.05, 0.1) is 0 Å². The van der Waals surface area contributed by atoms with Gasteiger partial charge in [-0.3, -0.25) is 4.79 Å². The van der Waals surface area contributed by atoms with E-state index in [1.54, 1.807) is 12.1 Å². The predicted molar refractivity (Wildman–Crippen MR) is 73.3 cm³/mol. The first-order valence-corrected chi connectivity index (χ1v) is 7.47. The van der Waals surface area contributed by atoms with Crippen LogP contribution in [0.2, 0.25) is 0 Å². The molecule has 4 aliphatic carbocycles. The zero-order valence-electron chi connectivity index (χ0n) is 11.1. The predicted octanol–water partition coefficient (Wildman–Crippen LogP) is 3.67. The van der Waals surface area contributed by atoms with Crippen LogP contribution in [0.25, 0.3) is 0 Å². The van der Waals surface area contributed by atoms with Gasteiger partial charge in [-0.1, -0.05) is 0 Å². The lowest BCUT2D eigenvalue weighted by molar-refractivity contribution is -0.00614. The number of aromatic hydroxyl groups is 1. The maximum absolute atomic E-state index is 11.0. The molecule has 5 rings (SSSR count). The summed E-state index contributed by atoms with van der Waals surface area (Å²) in [5.41, 5.74) is 1.91. The zero-order valence-corrected chi connectivity index (χ0v) is 11.1. The third-order valence-electron chi connectivity index (χ3n) is 5.77. The Morgan fingerprint density at radius 1 is 1.05 bits per heavy atom. The fourth-order valence-electron chi connectivity index (χ4n) is 5.49. The van der Waals surface area contributed by atoms with Crippen LogP contribution in [-0.4, -0.2) is 11.4 Å². The van der Waals surface area contributed by atoms with E-state index in [0.29, 0.717) is 11.3 Å². The topological polar surface area (TPSA) is 37.3 Å². The monoisotopic (exact) mass is 256 g/mol. The first-order chi connectivity index (χ1) is 9.18. The number of hydrogen-bond acceptors (Lipinski definition) is 2. The minimum Gasteiger partial charge on any atom is -0.508 e. The standard InChI is InChI=1S/C17H20O2/c18-10-11-1-2-16(19)15(6-11)17-7-12-3-13(8-17)5-14(4-12)9-17/h1-2,6,10,12-14,19H,3-5,7-9H2. The molecule has 1 aromatic carbocycles. The van der Waals surface area contributed by atoms with E-state index in [2.05, 4.69) is 0 Å². The van der Waals surface area contributed by atoms with Gasteiger partial charge in [0.25, 0.3) is 0 Å². The molecule has 19 heavy (non-hydrogen) atoms. The van der Waals surface area contributed by atoms with Crippen molar-refractivity contribution in [3.63, 3.8) is 0 Å². The molecule has 2 heteroatoms. The molecule has 1 N–H and O–H groups in total. The quantitative estimate of drug-likeness (QED) is 0.820. The van der Waals surface area contributed by atoms with Crippen LogP contribution in [0.1, 0.15) is 54.4 Å². The maximum Gasteiger partial charge on any atom is 0.150 e. The fraction of sp³-hybridized carbons (Fsp3) is 0.588. The second-order valence-electron chi connectivity index (χ2n) is 7.09. The molecule has 0 saturated heterocycles. The maximum atomic E-state index is 11.0. The van der Waals surface area contributed by atoms with Crippen molar-refractivity contribution in [3.8, 4) is 5.75 Å². The van der Waals surface area contributed by atoms with Crippen LogP contribution in [0.5, 0.6) is 5.75 Å². The average Bonchev–Trinajstić information content (AvgIpc) is 2.37. The minimum atomic E-state index is 0.165. The van der Waals surface area contributed by atoms with Crippen molar-refractivity contribution in [2.45, 2.75) is 43.9 Å². The lowest BCUT2D eigenvalue weighted by Crippen LogP contribution is -2.48. The average molecular weight is 256 g/mol. The Morgan fingerprint density at radius 2 is 1.63 bits per heavy atom. The van der Waals surface area contributed by atoms with Crippen LogP contribution in [0.4, 0.5) is 0 Å². The molecule has 1 aromatic rings. The second kappa shape index (κ2) is 3.84. The Bertz CT molecular complexity index is 497. The van der Waals surface area contributed by atoms with Crippen molar-refractivity contribution in [1.29, 1.82) is 0 Å². The molecule has 0 atom stereocenters. The summed E-state index contributed by atoms with van der Waals surface area (Å²) in [6.45, 7) is 0. The highest BCUT2D eigenvalue weighted by Gasteiger charge is 2.52. The SMILES string of the molecule is O=Cc1ccc(O)c(C23CC4CC(CC(C4)C2)C3)c1. The molecule has 0 unspecified atom stereocenters. The van der Waals surface area contributed by atoms with Crippen LogP contribution < -0.4 is 0 Å². The summed E-state index contributed by atoms with van der Waals surface area (Å²) in [5, 5.41) is 10.3. The van der Waals surface area contributed by atoms with Crippen LogP contribution >= 0.6 is 0 Å². The third-order valence-corrected chi connectivity index (χ3v) is 5.77. The number of aldehydes is 1. The van der Waals surface area contributed by atoms with E-state index in [1.165, 1.54) is 38.5 Å². The van der Waals surface area contributed by atoms with Crippen molar-refractivity contribution in [2.75, 3.05) is 0 Å². The number of benzene rings is 1. The van der Waals surface area contributed by atoms with E-state index in [9.17, 15) is 9.90 Å². The van der Waals surface area contributed by atoms with Crippen molar-refractivity contribution in [2.24, 2.45) is 17.8 Å². The highest BCUT2D eigenvalue weighted by atomic mass is 16.3. The van der Waals surface area contributed by atoms with E-state index in [4.69, 9.17) is 0 Å². The molecule has 4 fully saturated rings. The lowest BCUT2D eigenvalue weighted by atomic mass is 9.48. The molecule has 4 bridgehead atoms. The molecule has 100 valence electrons. The molecule has 0 radical (unpaired) electrons. The van der Waals surface area contributed by atoms with Gasteiger partial charge in [-0.2, -0.15) is 0 Å². The van der Waals surface area contributed by atoms with Gasteiger partial charge in [0.1, 0.15) is 12.0 Å². The first kappa shape index (κ1) is 11.5. The fourth-order valence-corrected chi connectivity index (χ4v) is 5.49. The summed E-state index contributed by atoms with van der Waals surface area (Å²) in [6.07, 6.45) is 8.73. The molecule has 4 aliphatic rings. The zero-order chi connectivity index (χ0) is 13.0. The van der Waals surface area contributed by atoms with Gasteiger partial charge in [-0.05, 0) is 79.9 Å². The van der Waals surface area contributed by atoms with Crippen molar-refractivity contribution in [1.82, 2.24) is 0 Å². The number of carbonyl (C=O) groups excluding carboxylic acids is 1. The molecular weight excluding hydrogens is 236 g/mol. The first-order valence-electron chi connectivity index (χ1n) is 7.47. The molecule has 0 amide bonds. The van der Waals surface area contributed by atoms with Gasteiger partial charge in [0.2, 0.25) is 0 Å². The molecule has 0 aromatic heterocycles. The number of phenolic OH excluding ortho intramolecular Hbond substituents is 1. The molecular formula is C17H20O2. The van der Waals surface area contributed by atoms with Crippen LogP contribution in [-0.2, 0) is 5.41 Å². The van der Waals surface area contributed by atoms with Gasteiger partial charge in [0, 0.05) is 11.1 Å². The summed E-state index contributed by atoms with van der Waals surface area (Å²) in [4.78, 5) is 11.0. The van der Waals surface area contributed by atoms with Crippen molar-refractivity contribution in [3.05, 3.63) is 29.3 Å². The summed E-state index contributed by atoms with van der Waals surface area (Å²) < 4.78 is 0. The highest BCUT2D eigenvalue weighted by Crippen LogP contribution is 2.61. The second-order valence-corrected chi connectivity index (χ2v) is 7.09. The Morgan fingerprint density at radius 3 is 2.16 bits per heavy atom. The number of carbonyl (C=O) groups is 1. The third kappa shape index (κ3) is 1.65. The Labute approximate surface area is 113 Å². The van der Waals surface area contributed by atoms with Crippen LogP contribution in [0.3, 0.4) is 0 Å². The Kier molecular flexibility index (Phi) is 2.33. The van der Waals surface area contributed by atoms with Crippen molar-refractivity contribution >= 4 is 6.29 Å². The molecule has 0 heterocycles. The summed E-state index contributed by atoms with van der Waals surface area (Å²) in [5.74, 6) is 2.95. The van der Waals surface area contributed by atoms with Gasteiger partial charge in [-0.15, -0.1) is 0 Å². The smallest absolute Gasteiger partial charge is 0.150 e. The van der Waals surface area contributed by atoms with Crippen molar-refractivity contribution < 1.29 is 9.90 Å². The minimum absolute atomic E-state index is 0.165. The number of phenols is 1. The van der Waals surface area contributed by atoms with E-state index in [-0.39, 0.29) is 5.41 Å². The highest BCUT2D eigenvalue weighted by molar-refractivity contribution is 5.76. The van der Waals surface area contributed by atoms with E-state index in [1.807, 2.05) is 6.07 Å². The molecule has 0 aliphatic heterocycles. The van der Waals surface area contributed by atoms with E-state index < -0.39 is 0 Å². The molecule has 0 spiro atoms.